The van der Waals surface area contributed by atoms with Gasteiger partial charge in [-0.25, -0.2) is 0 Å². The van der Waals surface area contributed by atoms with Gasteiger partial charge in [-0.2, -0.15) is 0 Å². The predicted molar refractivity (Wildman–Crippen MR) is 48.5 cm³/mol. The Hall–Kier alpha value is -1.31. The summed E-state index contributed by atoms with van der Waals surface area (Å²) in [4.78, 5) is 4.14. The standard InChI is InChI=1S/C9H12N2/c1-3-8-9(10-4-2)6-5-7-11-8/h3,5-7,10H,1,4H2,2H3. The summed E-state index contributed by atoms with van der Waals surface area (Å²) >= 11 is 0. The molecule has 1 aromatic rings. The van der Waals surface area contributed by atoms with Crippen molar-refractivity contribution in [3.63, 3.8) is 0 Å². The summed E-state index contributed by atoms with van der Waals surface area (Å²) in [5.41, 5.74) is 1.96. The molecule has 0 spiro atoms. The number of hydrogen-bond donors (Lipinski definition) is 1. The number of hydrogen-bond acceptors (Lipinski definition) is 2. The maximum absolute atomic E-state index is 4.14. The molecule has 0 fully saturated rings. The fourth-order valence-electron chi connectivity index (χ4n) is 0.920. The van der Waals surface area contributed by atoms with E-state index in [-0.39, 0.29) is 0 Å². The van der Waals surface area contributed by atoms with Crippen molar-refractivity contribution in [1.29, 1.82) is 0 Å². The molecule has 0 saturated carbocycles. The van der Waals surface area contributed by atoms with Gasteiger partial charge >= 0.3 is 0 Å². The Morgan fingerprint density at radius 1 is 1.73 bits per heavy atom. The zero-order valence-electron chi connectivity index (χ0n) is 6.67. The molecule has 0 unspecified atom stereocenters. The zero-order chi connectivity index (χ0) is 8.10. The van der Waals surface area contributed by atoms with Crippen LogP contribution in [0.25, 0.3) is 6.08 Å². The minimum atomic E-state index is 0.909. The van der Waals surface area contributed by atoms with Gasteiger partial charge < -0.3 is 5.32 Å². The number of pyridine rings is 1. The summed E-state index contributed by atoms with van der Waals surface area (Å²) in [6.07, 6.45) is 3.51. The molecule has 58 valence electrons. The highest BCUT2D eigenvalue weighted by atomic mass is 14.9. The van der Waals surface area contributed by atoms with Crippen molar-refractivity contribution in [3.05, 3.63) is 30.6 Å². The molecule has 0 aliphatic rings. The Bertz CT molecular complexity index is 243. The van der Waals surface area contributed by atoms with E-state index in [1.165, 1.54) is 0 Å². The van der Waals surface area contributed by atoms with E-state index in [0.717, 1.165) is 17.9 Å². The molecule has 0 radical (unpaired) electrons. The number of aromatic nitrogens is 1. The third-order valence-corrected chi connectivity index (χ3v) is 1.40. The first kappa shape index (κ1) is 7.79. The van der Waals surface area contributed by atoms with Crippen molar-refractivity contribution in [2.75, 3.05) is 11.9 Å². The molecule has 0 bridgehead atoms. The Balaban J connectivity index is 2.92. The van der Waals surface area contributed by atoms with Gasteiger partial charge in [-0.15, -0.1) is 0 Å². The van der Waals surface area contributed by atoms with Crippen LogP contribution < -0.4 is 5.32 Å². The topological polar surface area (TPSA) is 24.9 Å². The van der Waals surface area contributed by atoms with E-state index >= 15 is 0 Å². The maximum Gasteiger partial charge on any atom is 0.0855 e. The zero-order valence-corrected chi connectivity index (χ0v) is 6.67. The fraction of sp³-hybridized carbons (Fsp3) is 0.222. The summed E-state index contributed by atoms with van der Waals surface area (Å²) in [7, 11) is 0. The molecule has 1 aromatic heterocycles. The quantitative estimate of drug-likeness (QED) is 0.710. The number of anilines is 1. The lowest BCUT2D eigenvalue weighted by atomic mass is 10.3. The molecule has 0 aromatic carbocycles. The van der Waals surface area contributed by atoms with Gasteiger partial charge in [-0.3, -0.25) is 4.98 Å². The number of rotatable bonds is 3. The van der Waals surface area contributed by atoms with Crippen molar-refractivity contribution < 1.29 is 0 Å². The largest absolute Gasteiger partial charge is 0.384 e. The second kappa shape index (κ2) is 3.76. The van der Waals surface area contributed by atoms with E-state index in [1.807, 2.05) is 12.1 Å². The molecule has 0 saturated heterocycles. The third kappa shape index (κ3) is 1.80. The summed E-state index contributed by atoms with van der Waals surface area (Å²) < 4.78 is 0. The smallest absolute Gasteiger partial charge is 0.0855 e. The highest BCUT2D eigenvalue weighted by Crippen LogP contribution is 2.11. The minimum Gasteiger partial charge on any atom is -0.384 e. The van der Waals surface area contributed by atoms with Crippen LogP contribution in [0.2, 0.25) is 0 Å². The van der Waals surface area contributed by atoms with Crippen LogP contribution in [0.15, 0.2) is 24.9 Å². The van der Waals surface area contributed by atoms with E-state index < -0.39 is 0 Å². The van der Waals surface area contributed by atoms with Gasteiger partial charge in [0.15, 0.2) is 0 Å². The summed E-state index contributed by atoms with van der Waals surface area (Å²) in [5, 5.41) is 3.19. The maximum atomic E-state index is 4.14. The van der Waals surface area contributed by atoms with Crippen LogP contribution in [0.3, 0.4) is 0 Å². The molecule has 0 amide bonds. The predicted octanol–water partition coefficient (Wildman–Crippen LogP) is 2.16. The second-order valence-corrected chi connectivity index (χ2v) is 2.17. The van der Waals surface area contributed by atoms with Gasteiger partial charge in [-0.1, -0.05) is 6.58 Å². The molecular formula is C9H12N2. The molecule has 2 heteroatoms. The molecule has 0 aliphatic heterocycles. The van der Waals surface area contributed by atoms with Gasteiger partial charge in [0.05, 0.1) is 11.4 Å². The van der Waals surface area contributed by atoms with Crippen LogP contribution in [-0.2, 0) is 0 Å². The van der Waals surface area contributed by atoms with E-state index in [2.05, 4.69) is 23.8 Å². The van der Waals surface area contributed by atoms with Gasteiger partial charge in [0.2, 0.25) is 0 Å². The Morgan fingerprint density at radius 2 is 2.55 bits per heavy atom. The van der Waals surface area contributed by atoms with E-state index in [0.29, 0.717) is 0 Å². The lowest BCUT2D eigenvalue weighted by Crippen LogP contribution is -1.99. The van der Waals surface area contributed by atoms with Gasteiger partial charge in [0, 0.05) is 12.7 Å². The average molecular weight is 148 g/mol. The van der Waals surface area contributed by atoms with Crippen LogP contribution in [0.1, 0.15) is 12.6 Å². The summed E-state index contributed by atoms with van der Waals surface area (Å²) in [6.45, 7) is 6.64. The first-order valence-electron chi connectivity index (χ1n) is 3.69. The molecule has 0 aliphatic carbocycles. The Morgan fingerprint density at radius 3 is 3.18 bits per heavy atom. The summed E-state index contributed by atoms with van der Waals surface area (Å²) in [5.74, 6) is 0. The van der Waals surface area contributed by atoms with Gasteiger partial charge in [-0.05, 0) is 25.1 Å². The summed E-state index contributed by atoms with van der Waals surface area (Å²) in [6, 6.07) is 3.90. The first-order chi connectivity index (χ1) is 5.38. The SMILES string of the molecule is C=Cc1ncccc1NCC. The molecule has 2 nitrogen and oxygen atoms in total. The molecule has 0 atom stereocenters. The van der Waals surface area contributed by atoms with Crippen LogP contribution in [-0.4, -0.2) is 11.5 Å². The highest BCUT2D eigenvalue weighted by molar-refractivity contribution is 5.61. The highest BCUT2D eigenvalue weighted by Gasteiger charge is 1.94. The average Bonchev–Trinajstić information content (AvgIpc) is 2.06. The number of nitrogens with zero attached hydrogens (tertiary/aromatic N) is 1. The van der Waals surface area contributed by atoms with Crippen molar-refractivity contribution in [1.82, 2.24) is 4.98 Å². The van der Waals surface area contributed by atoms with E-state index in [4.69, 9.17) is 0 Å². The van der Waals surface area contributed by atoms with Gasteiger partial charge in [0.1, 0.15) is 0 Å². The molecule has 11 heavy (non-hydrogen) atoms. The molecule has 1 rings (SSSR count). The molecule has 1 N–H and O–H groups in total. The van der Waals surface area contributed by atoms with E-state index in [1.54, 1.807) is 12.3 Å². The third-order valence-electron chi connectivity index (χ3n) is 1.40. The van der Waals surface area contributed by atoms with Crippen LogP contribution in [0.4, 0.5) is 5.69 Å². The Kier molecular flexibility index (Phi) is 2.66. The Labute approximate surface area is 67.0 Å². The minimum absolute atomic E-state index is 0.909. The molecular weight excluding hydrogens is 136 g/mol. The lowest BCUT2D eigenvalue weighted by Gasteiger charge is -2.04. The van der Waals surface area contributed by atoms with Crippen molar-refractivity contribution in [3.8, 4) is 0 Å². The number of nitrogens with one attached hydrogen (secondary N) is 1. The van der Waals surface area contributed by atoms with Gasteiger partial charge in [0.25, 0.3) is 0 Å². The van der Waals surface area contributed by atoms with Crippen molar-refractivity contribution in [2.24, 2.45) is 0 Å². The van der Waals surface area contributed by atoms with Crippen LogP contribution in [0.5, 0.6) is 0 Å². The fourth-order valence-corrected chi connectivity index (χ4v) is 0.920. The molecule has 1 heterocycles. The first-order valence-corrected chi connectivity index (χ1v) is 3.69. The monoisotopic (exact) mass is 148 g/mol. The normalized spacial score (nSPS) is 9.18. The lowest BCUT2D eigenvalue weighted by molar-refractivity contribution is 1.18. The van der Waals surface area contributed by atoms with Crippen LogP contribution >= 0.6 is 0 Å². The van der Waals surface area contributed by atoms with Crippen LogP contribution in [0, 0.1) is 0 Å². The van der Waals surface area contributed by atoms with E-state index in [9.17, 15) is 0 Å². The van der Waals surface area contributed by atoms with Crippen molar-refractivity contribution >= 4 is 11.8 Å². The second-order valence-electron chi connectivity index (χ2n) is 2.17. The van der Waals surface area contributed by atoms with Crippen molar-refractivity contribution in [2.45, 2.75) is 6.92 Å².